The maximum Gasteiger partial charge on any atom is 0.119 e. The molecule has 3 nitrogen and oxygen atoms in total. The molecule has 1 aromatic carbocycles. The van der Waals surface area contributed by atoms with Gasteiger partial charge in [-0.3, -0.25) is 0 Å². The highest BCUT2D eigenvalue weighted by Gasteiger charge is 1.93. The summed E-state index contributed by atoms with van der Waals surface area (Å²) in [7, 11) is 0. The maximum atomic E-state index is 9.02. The zero-order valence-electron chi connectivity index (χ0n) is 8.40. The number of ether oxygens (including phenoxy) is 2. The molecule has 1 N–H and O–H groups in total. The van der Waals surface area contributed by atoms with Crippen LogP contribution in [0, 0.1) is 0 Å². The van der Waals surface area contributed by atoms with Crippen LogP contribution < -0.4 is 4.74 Å². The van der Waals surface area contributed by atoms with E-state index in [1.165, 1.54) is 0 Å². The number of rotatable bonds is 6. The van der Waals surface area contributed by atoms with E-state index < -0.39 is 0 Å². The second kappa shape index (κ2) is 6.27. The molecule has 1 rings (SSSR count). The molecule has 0 atom stereocenters. The van der Waals surface area contributed by atoms with Gasteiger partial charge in [-0.1, -0.05) is 6.92 Å². The van der Waals surface area contributed by atoms with Gasteiger partial charge in [0.25, 0.3) is 0 Å². The van der Waals surface area contributed by atoms with Gasteiger partial charge >= 0.3 is 0 Å². The summed E-state index contributed by atoms with van der Waals surface area (Å²) in [6, 6.07) is 6.66. The molecule has 1 aromatic rings. The van der Waals surface area contributed by atoms with E-state index >= 15 is 0 Å². The third-order valence-corrected chi connectivity index (χ3v) is 1.68. The van der Waals surface area contributed by atoms with E-state index in [2.05, 4.69) is 6.92 Å². The first-order chi connectivity index (χ1) is 6.83. The van der Waals surface area contributed by atoms with E-state index in [-0.39, 0.29) is 5.75 Å². The largest absolute Gasteiger partial charge is 0.508 e. The molecule has 0 spiro atoms. The maximum absolute atomic E-state index is 9.02. The highest BCUT2D eigenvalue weighted by Crippen LogP contribution is 2.15. The first-order valence-electron chi connectivity index (χ1n) is 4.82. The van der Waals surface area contributed by atoms with Crippen molar-refractivity contribution in [1.29, 1.82) is 0 Å². The Kier molecular flexibility index (Phi) is 4.86. The van der Waals surface area contributed by atoms with Crippen molar-refractivity contribution >= 4 is 0 Å². The fourth-order valence-corrected chi connectivity index (χ4v) is 1.01. The normalized spacial score (nSPS) is 10.1. The Morgan fingerprint density at radius 3 is 2.43 bits per heavy atom. The van der Waals surface area contributed by atoms with Gasteiger partial charge in [0.05, 0.1) is 6.61 Å². The molecular weight excluding hydrogens is 180 g/mol. The van der Waals surface area contributed by atoms with Crippen LogP contribution in [0.3, 0.4) is 0 Å². The summed E-state index contributed by atoms with van der Waals surface area (Å²) in [5.74, 6) is 1.00. The SMILES string of the molecule is CCCOCCOc1ccc(O)cc1. The fraction of sp³-hybridized carbons (Fsp3) is 0.455. The monoisotopic (exact) mass is 196 g/mol. The average Bonchev–Trinajstić information content (AvgIpc) is 2.21. The molecule has 3 heteroatoms. The van der Waals surface area contributed by atoms with Crippen LogP contribution in [0.15, 0.2) is 24.3 Å². The standard InChI is InChI=1S/C11H16O3/c1-2-7-13-8-9-14-11-5-3-10(12)4-6-11/h3-6,12H,2,7-9H2,1H3. The molecule has 0 amide bonds. The lowest BCUT2D eigenvalue weighted by Crippen LogP contribution is -2.06. The van der Waals surface area contributed by atoms with Gasteiger partial charge in [-0.15, -0.1) is 0 Å². The summed E-state index contributed by atoms with van der Waals surface area (Å²) in [6.07, 6.45) is 1.03. The van der Waals surface area contributed by atoms with Crippen LogP contribution in [0.5, 0.6) is 11.5 Å². The van der Waals surface area contributed by atoms with E-state index in [4.69, 9.17) is 14.6 Å². The number of aromatic hydroxyl groups is 1. The van der Waals surface area contributed by atoms with Crippen LogP contribution in [0.25, 0.3) is 0 Å². The lowest BCUT2D eigenvalue weighted by Gasteiger charge is -2.06. The Bertz CT molecular complexity index is 243. The lowest BCUT2D eigenvalue weighted by molar-refractivity contribution is 0.101. The zero-order valence-corrected chi connectivity index (χ0v) is 8.40. The second-order valence-corrected chi connectivity index (χ2v) is 2.95. The molecule has 14 heavy (non-hydrogen) atoms. The van der Waals surface area contributed by atoms with Crippen LogP contribution in [-0.2, 0) is 4.74 Å². The summed E-state index contributed by atoms with van der Waals surface area (Å²) in [6.45, 7) is 4.00. The molecule has 0 aromatic heterocycles. The van der Waals surface area contributed by atoms with Crippen molar-refractivity contribution in [3.05, 3.63) is 24.3 Å². The van der Waals surface area contributed by atoms with Crippen LogP contribution in [0.1, 0.15) is 13.3 Å². The van der Waals surface area contributed by atoms with E-state index in [1.807, 2.05) is 0 Å². The van der Waals surface area contributed by atoms with Gasteiger partial charge in [0, 0.05) is 6.61 Å². The minimum Gasteiger partial charge on any atom is -0.508 e. The van der Waals surface area contributed by atoms with Gasteiger partial charge < -0.3 is 14.6 Å². The molecule has 0 aliphatic heterocycles. The molecule has 0 saturated carbocycles. The Balaban J connectivity index is 2.15. The Morgan fingerprint density at radius 2 is 1.79 bits per heavy atom. The number of hydrogen-bond donors (Lipinski definition) is 1. The van der Waals surface area contributed by atoms with Crippen molar-refractivity contribution in [2.45, 2.75) is 13.3 Å². The molecule has 0 bridgehead atoms. The molecule has 0 aliphatic rings. The van der Waals surface area contributed by atoms with E-state index in [0.29, 0.717) is 13.2 Å². The minimum atomic E-state index is 0.250. The van der Waals surface area contributed by atoms with Gasteiger partial charge in [-0.05, 0) is 30.7 Å². The molecule has 0 radical (unpaired) electrons. The van der Waals surface area contributed by atoms with Gasteiger partial charge in [0.2, 0.25) is 0 Å². The molecule has 0 saturated heterocycles. The minimum absolute atomic E-state index is 0.250. The van der Waals surface area contributed by atoms with Crippen molar-refractivity contribution in [3.8, 4) is 11.5 Å². The Morgan fingerprint density at radius 1 is 1.07 bits per heavy atom. The predicted octanol–water partition coefficient (Wildman–Crippen LogP) is 2.20. The quantitative estimate of drug-likeness (QED) is 0.709. The summed E-state index contributed by atoms with van der Waals surface area (Å²) >= 11 is 0. The van der Waals surface area contributed by atoms with E-state index in [1.54, 1.807) is 24.3 Å². The number of hydrogen-bond acceptors (Lipinski definition) is 3. The average molecular weight is 196 g/mol. The predicted molar refractivity (Wildman–Crippen MR) is 54.7 cm³/mol. The van der Waals surface area contributed by atoms with E-state index in [0.717, 1.165) is 18.8 Å². The first-order valence-corrected chi connectivity index (χ1v) is 4.82. The number of phenols is 1. The highest BCUT2D eigenvalue weighted by atomic mass is 16.5. The highest BCUT2D eigenvalue weighted by molar-refractivity contribution is 5.29. The molecule has 78 valence electrons. The fourth-order valence-electron chi connectivity index (χ4n) is 1.01. The van der Waals surface area contributed by atoms with Crippen LogP contribution in [0.4, 0.5) is 0 Å². The summed E-state index contributed by atoms with van der Waals surface area (Å²) in [5, 5.41) is 9.02. The Labute approximate surface area is 84.3 Å². The molecule has 0 fully saturated rings. The van der Waals surface area contributed by atoms with Crippen LogP contribution >= 0.6 is 0 Å². The van der Waals surface area contributed by atoms with Crippen molar-refractivity contribution in [2.75, 3.05) is 19.8 Å². The third-order valence-electron chi connectivity index (χ3n) is 1.68. The summed E-state index contributed by atoms with van der Waals surface area (Å²) in [5.41, 5.74) is 0. The number of phenolic OH excluding ortho intramolecular Hbond substituents is 1. The number of benzene rings is 1. The van der Waals surface area contributed by atoms with Gasteiger partial charge in [0.15, 0.2) is 0 Å². The third kappa shape index (κ3) is 4.14. The lowest BCUT2D eigenvalue weighted by atomic mass is 10.3. The molecular formula is C11H16O3. The summed E-state index contributed by atoms with van der Waals surface area (Å²) < 4.78 is 10.6. The van der Waals surface area contributed by atoms with Crippen molar-refractivity contribution in [1.82, 2.24) is 0 Å². The smallest absolute Gasteiger partial charge is 0.119 e. The second-order valence-electron chi connectivity index (χ2n) is 2.95. The van der Waals surface area contributed by atoms with Crippen LogP contribution in [-0.4, -0.2) is 24.9 Å². The molecule has 0 unspecified atom stereocenters. The zero-order chi connectivity index (χ0) is 10.2. The van der Waals surface area contributed by atoms with Crippen molar-refractivity contribution in [3.63, 3.8) is 0 Å². The van der Waals surface area contributed by atoms with Gasteiger partial charge in [0.1, 0.15) is 18.1 Å². The first kappa shape index (κ1) is 10.9. The topological polar surface area (TPSA) is 38.7 Å². The van der Waals surface area contributed by atoms with Crippen molar-refractivity contribution < 1.29 is 14.6 Å². The Hall–Kier alpha value is -1.22. The summed E-state index contributed by atoms with van der Waals surface area (Å²) in [4.78, 5) is 0. The van der Waals surface area contributed by atoms with Crippen LogP contribution in [0.2, 0.25) is 0 Å². The van der Waals surface area contributed by atoms with Gasteiger partial charge in [-0.25, -0.2) is 0 Å². The molecule has 0 heterocycles. The molecule has 0 aliphatic carbocycles. The van der Waals surface area contributed by atoms with Gasteiger partial charge in [-0.2, -0.15) is 0 Å². The van der Waals surface area contributed by atoms with Crippen molar-refractivity contribution in [2.24, 2.45) is 0 Å². The van der Waals surface area contributed by atoms with E-state index in [9.17, 15) is 0 Å².